The molecule has 0 aliphatic carbocycles. The van der Waals surface area contributed by atoms with Crippen LogP contribution in [0.15, 0.2) is 47.4 Å². The second-order valence-corrected chi connectivity index (χ2v) is 7.72. The molecule has 0 atom stereocenters. The molecule has 0 fully saturated rings. The Morgan fingerprint density at radius 2 is 1.63 bits per heavy atom. The molecule has 8 heteroatoms. The van der Waals surface area contributed by atoms with Crippen molar-refractivity contribution < 1.29 is 22.7 Å². The molecule has 0 aromatic heterocycles. The molecular formula is C19H24N2O5S. The van der Waals surface area contributed by atoms with Crippen molar-refractivity contribution in [2.75, 3.05) is 26.8 Å². The van der Waals surface area contributed by atoms with Gasteiger partial charge >= 0.3 is 0 Å². The zero-order valence-electron chi connectivity index (χ0n) is 15.6. The topological polar surface area (TPSA) is 93.7 Å². The highest BCUT2D eigenvalue weighted by molar-refractivity contribution is 7.89. The van der Waals surface area contributed by atoms with E-state index < -0.39 is 10.0 Å². The monoisotopic (exact) mass is 392 g/mol. The fraction of sp³-hybridized carbons (Fsp3) is 0.316. The Morgan fingerprint density at radius 1 is 0.963 bits per heavy atom. The van der Waals surface area contributed by atoms with Gasteiger partial charge in [0, 0.05) is 13.1 Å². The molecule has 1 amide bonds. The van der Waals surface area contributed by atoms with Crippen LogP contribution in [0.2, 0.25) is 0 Å². The summed E-state index contributed by atoms with van der Waals surface area (Å²) in [6.07, 6.45) is 0. The van der Waals surface area contributed by atoms with Gasteiger partial charge in [-0.05, 0) is 61.4 Å². The first-order chi connectivity index (χ1) is 12.8. The molecule has 146 valence electrons. The van der Waals surface area contributed by atoms with Crippen molar-refractivity contribution in [3.63, 3.8) is 0 Å². The van der Waals surface area contributed by atoms with Crippen molar-refractivity contribution in [3.05, 3.63) is 53.6 Å². The first-order valence-corrected chi connectivity index (χ1v) is 9.90. The summed E-state index contributed by atoms with van der Waals surface area (Å²) < 4.78 is 37.2. The summed E-state index contributed by atoms with van der Waals surface area (Å²) in [7, 11) is -2.13. The number of sulfonamides is 1. The minimum absolute atomic E-state index is 0.0732. The van der Waals surface area contributed by atoms with E-state index in [9.17, 15) is 13.2 Å². The Balaban J connectivity index is 1.73. The fourth-order valence-corrected chi connectivity index (χ4v) is 3.26. The first-order valence-electron chi connectivity index (χ1n) is 8.42. The smallest absolute Gasteiger partial charge is 0.257 e. The van der Waals surface area contributed by atoms with Crippen LogP contribution in [0.5, 0.6) is 11.5 Å². The van der Waals surface area contributed by atoms with E-state index in [1.807, 2.05) is 26.0 Å². The predicted molar refractivity (Wildman–Crippen MR) is 103 cm³/mol. The van der Waals surface area contributed by atoms with E-state index >= 15 is 0 Å². The van der Waals surface area contributed by atoms with Gasteiger partial charge in [0.2, 0.25) is 10.0 Å². The molecule has 2 aromatic carbocycles. The minimum atomic E-state index is -3.64. The zero-order chi connectivity index (χ0) is 19.9. The third kappa shape index (κ3) is 6.26. The van der Waals surface area contributed by atoms with Crippen molar-refractivity contribution in [2.45, 2.75) is 18.7 Å². The summed E-state index contributed by atoms with van der Waals surface area (Å²) in [6.45, 7) is 4.07. The number of ether oxygens (including phenoxy) is 2. The normalized spacial score (nSPS) is 11.1. The van der Waals surface area contributed by atoms with Crippen molar-refractivity contribution in [2.24, 2.45) is 0 Å². The summed E-state index contributed by atoms with van der Waals surface area (Å²) in [5.74, 6) is 0.871. The third-order valence-corrected chi connectivity index (χ3v) is 5.43. The molecule has 0 saturated carbocycles. The Labute approximate surface area is 159 Å². The SMILES string of the molecule is COc1ccc(S(=O)(=O)NCCNC(=O)COc2ccc(C)c(C)c2)cc1. The molecular weight excluding hydrogens is 368 g/mol. The molecule has 0 spiro atoms. The van der Waals surface area contributed by atoms with Crippen LogP contribution in [0.25, 0.3) is 0 Å². The van der Waals surface area contributed by atoms with Crippen LogP contribution in [-0.4, -0.2) is 41.1 Å². The maximum atomic E-state index is 12.2. The maximum Gasteiger partial charge on any atom is 0.257 e. The van der Waals surface area contributed by atoms with Crippen molar-refractivity contribution in [1.29, 1.82) is 0 Å². The molecule has 7 nitrogen and oxygen atoms in total. The van der Waals surface area contributed by atoms with Gasteiger partial charge in [-0.2, -0.15) is 0 Å². The minimum Gasteiger partial charge on any atom is -0.497 e. The zero-order valence-corrected chi connectivity index (χ0v) is 16.4. The Morgan fingerprint density at radius 3 is 2.26 bits per heavy atom. The predicted octanol–water partition coefficient (Wildman–Crippen LogP) is 1.79. The van der Waals surface area contributed by atoms with Gasteiger partial charge in [-0.1, -0.05) is 6.07 Å². The Kier molecular flexibility index (Phi) is 7.20. The fourth-order valence-electron chi connectivity index (χ4n) is 2.23. The van der Waals surface area contributed by atoms with Gasteiger partial charge in [-0.3, -0.25) is 4.79 Å². The lowest BCUT2D eigenvalue weighted by atomic mass is 10.1. The van der Waals surface area contributed by atoms with Gasteiger partial charge in [0.15, 0.2) is 6.61 Å². The number of amides is 1. The van der Waals surface area contributed by atoms with E-state index in [-0.39, 0.29) is 30.5 Å². The molecule has 2 N–H and O–H groups in total. The standard InChI is InChI=1S/C19H24N2O5S/c1-14-4-5-17(12-15(14)2)26-13-19(22)20-10-11-21-27(23,24)18-8-6-16(25-3)7-9-18/h4-9,12,21H,10-11,13H2,1-3H3,(H,20,22). The number of rotatable bonds is 9. The van der Waals surface area contributed by atoms with E-state index in [1.165, 1.54) is 19.2 Å². The lowest BCUT2D eigenvalue weighted by Gasteiger charge is -2.10. The van der Waals surface area contributed by atoms with Crippen molar-refractivity contribution in [1.82, 2.24) is 10.0 Å². The number of benzene rings is 2. The molecule has 0 aliphatic heterocycles. The number of carbonyl (C=O) groups excluding carboxylic acids is 1. The van der Waals surface area contributed by atoms with E-state index in [2.05, 4.69) is 10.0 Å². The van der Waals surface area contributed by atoms with Crippen LogP contribution in [0, 0.1) is 13.8 Å². The van der Waals surface area contributed by atoms with E-state index in [1.54, 1.807) is 18.2 Å². The summed E-state index contributed by atoms with van der Waals surface area (Å²) in [4.78, 5) is 11.9. The van der Waals surface area contributed by atoms with E-state index in [0.717, 1.165) is 11.1 Å². The second kappa shape index (κ2) is 9.38. The van der Waals surface area contributed by atoms with Crippen molar-refractivity contribution >= 4 is 15.9 Å². The van der Waals surface area contributed by atoms with Gasteiger partial charge in [0.25, 0.3) is 5.91 Å². The lowest BCUT2D eigenvalue weighted by molar-refractivity contribution is -0.123. The average molecular weight is 392 g/mol. The number of nitrogens with one attached hydrogen (secondary N) is 2. The number of carbonyl (C=O) groups is 1. The number of hydrogen-bond acceptors (Lipinski definition) is 5. The molecule has 0 radical (unpaired) electrons. The van der Waals surface area contributed by atoms with E-state index in [0.29, 0.717) is 11.5 Å². The summed E-state index contributed by atoms with van der Waals surface area (Å²) in [5, 5.41) is 2.61. The van der Waals surface area contributed by atoms with Crippen LogP contribution >= 0.6 is 0 Å². The highest BCUT2D eigenvalue weighted by Crippen LogP contribution is 2.16. The maximum absolute atomic E-state index is 12.2. The highest BCUT2D eigenvalue weighted by atomic mass is 32.2. The molecule has 0 saturated heterocycles. The van der Waals surface area contributed by atoms with Gasteiger partial charge < -0.3 is 14.8 Å². The molecule has 2 aromatic rings. The first kappa shape index (κ1) is 20.7. The van der Waals surface area contributed by atoms with E-state index in [4.69, 9.17) is 9.47 Å². The third-order valence-electron chi connectivity index (χ3n) is 3.96. The van der Waals surface area contributed by atoms with Gasteiger partial charge in [0.05, 0.1) is 12.0 Å². The molecule has 27 heavy (non-hydrogen) atoms. The van der Waals surface area contributed by atoms with Crippen LogP contribution in [-0.2, 0) is 14.8 Å². The number of methoxy groups -OCH3 is 1. The van der Waals surface area contributed by atoms with Gasteiger partial charge in [-0.15, -0.1) is 0 Å². The van der Waals surface area contributed by atoms with Crippen LogP contribution in [0.3, 0.4) is 0 Å². The Hall–Kier alpha value is -2.58. The van der Waals surface area contributed by atoms with Gasteiger partial charge in [-0.25, -0.2) is 13.1 Å². The summed E-state index contributed by atoms with van der Waals surface area (Å²) >= 11 is 0. The highest BCUT2D eigenvalue weighted by Gasteiger charge is 2.13. The quantitative estimate of drug-likeness (QED) is 0.635. The second-order valence-electron chi connectivity index (χ2n) is 5.96. The molecule has 0 bridgehead atoms. The molecule has 2 rings (SSSR count). The summed E-state index contributed by atoms with van der Waals surface area (Å²) in [5.41, 5.74) is 2.23. The van der Waals surface area contributed by atoms with Crippen LogP contribution in [0.1, 0.15) is 11.1 Å². The largest absolute Gasteiger partial charge is 0.497 e. The number of aryl methyl sites for hydroxylation is 2. The molecule has 0 aliphatic rings. The average Bonchev–Trinajstić information content (AvgIpc) is 2.66. The lowest BCUT2D eigenvalue weighted by Crippen LogP contribution is -2.36. The Bertz CT molecular complexity index is 879. The van der Waals surface area contributed by atoms with Crippen LogP contribution < -0.4 is 19.5 Å². The number of hydrogen-bond donors (Lipinski definition) is 2. The summed E-state index contributed by atoms with van der Waals surface area (Å²) in [6, 6.07) is 11.6. The van der Waals surface area contributed by atoms with Gasteiger partial charge in [0.1, 0.15) is 11.5 Å². The van der Waals surface area contributed by atoms with Crippen LogP contribution in [0.4, 0.5) is 0 Å². The molecule has 0 unspecified atom stereocenters. The molecule has 0 heterocycles. The van der Waals surface area contributed by atoms with Crippen molar-refractivity contribution in [3.8, 4) is 11.5 Å².